The van der Waals surface area contributed by atoms with Crippen molar-refractivity contribution >= 4 is 12.0 Å². The Morgan fingerprint density at radius 1 is 1.50 bits per heavy atom. The number of hydrogen-bond donors (Lipinski definition) is 1. The van der Waals surface area contributed by atoms with E-state index in [-0.39, 0.29) is 18.2 Å². The van der Waals surface area contributed by atoms with Crippen LogP contribution in [0.1, 0.15) is 13.8 Å². The molecule has 1 aliphatic rings. The van der Waals surface area contributed by atoms with Crippen LogP contribution in [0.15, 0.2) is 0 Å². The van der Waals surface area contributed by atoms with Gasteiger partial charge in [0.15, 0.2) is 0 Å². The molecule has 0 spiro atoms. The number of nitrogens with zero attached hydrogens (tertiary/aromatic N) is 2. The van der Waals surface area contributed by atoms with E-state index in [0.717, 1.165) is 0 Å². The quantitative estimate of drug-likeness (QED) is 0.737. The van der Waals surface area contributed by atoms with Crippen molar-refractivity contribution in [3.8, 4) is 0 Å². The summed E-state index contributed by atoms with van der Waals surface area (Å²) in [6, 6.07) is -0.265. The van der Waals surface area contributed by atoms with Crippen molar-refractivity contribution in [1.82, 2.24) is 9.80 Å². The maximum absolute atomic E-state index is 11.9. The zero-order valence-electron chi connectivity index (χ0n) is 9.89. The van der Waals surface area contributed by atoms with E-state index >= 15 is 0 Å². The molecule has 6 nitrogen and oxygen atoms in total. The molecule has 1 heterocycles. The molecule has 0 aliphatic carbocycles. The smallest absolute Gasteiger partial charge is 0.323 e. The number of hydrogen-bond acceptors (Lipinski definition) is 3. The highest BCUT2D eigenvalue weighted by atomic mass is 16.5. The fourth-order valence-corrected chi connectivity index (χ4v) is 1.69. The van der Waals surface area contributed by atoms with Gasteiger partial charge in [0.1, 0.15) is 6.54 Å². The molecule has 1 fully saturated rings. The van der Waals surface area contributed by atoms with E-state index in [2.05, 4.69) is 0 Å². The zero-order valence-corrected chi connectivity index (χ0v) is 9.89. The van der Waals surface area contributed by atoms with E-state index in [0.29, 0.717) is 19.7 Å². The Morgan fingerprint density at radius 2 is 2.12 bits per heavy atom. The van der Waals surface area contributed by atoms with Crippen LogP contribution in [0.5, 0.6) is 0 Å². The van der Waals surface area contributed by atoms with Crippen molar-refractivity contribution in [2.45, 2.75) is 19.4 Å². The first kappa shape index (κ1) is 12.8. The second kappa shape index (κ2) is 4.69. The highest BCUT2D eigenvalue weighted by Gasteiger charge is 2.31. The lowest BCUT2D eigenvalue weighted by Crippen LogP contribution is -2.54. The third-order valence-electron chi connectivity index (χ3n) is 2.40. The van der Waals surface area contributed by atoms with Gasteiger partial charge < -0.3 is 19.6 Å². The molecule has 16 heavy (non-hydrogen) atoms. The van der Waals surface area contributed by atoms with Crippen LogP contribution in [0.3, 0.4) is 0 Å². The van der Waals surface area contributed by atoms with Gasteiger partial charge in [-0.05, 0) is 13.8 Å². The minimum absolute atomic E-state index is 0.265. The molecule has 0 bridgehead atoms. The predicted octanol–water partition coefficient (Wildman–Crippen LogP) is 0.234. The minimum atomic E-state index is -1.01. The molecule has 6 heteroatoms. The summed E-state index contributed by atoms with van der Waals surface area (Å²) in [7, 11) is 1.49. The molecule has 0 atom stereocenters. The van der Waals surface area contributed by atoms with Crippen molar-refractivity contribution in [3.05, 3.63) is 0 Å². The first-order valence-electron chi connectivity index (χ1n) is 5.17. The van der Waals surface area contributed by atoms with E-state index in [1.165, 1.54) is 11.9 Å². The van der Waals surface area contributed by atoms with Gasteiger partial charge in [0.25, 0.3) is 0 Å². The summed E-state index contributed by atoms with van der Waals surface area (Å²) in [5.41, 5.74) is -0.363. The first-order valence-corrected chi connectivity index (χ1v) is 5.17. The van der Waals surface area contributed by atoms with Gasteiger partial charge in [-0.3, -0.25) is 4.79 Å². The van der Waals surface area contributed by atoms with Crippen molar-refractivity contribution in [3.63, 3.8) is 0 Å². The first-order chi connectivity index (χ1) is 7.32. The van der Waals surface area contributed by atoms with Crippen molar-refractivity contribution in [1.29, 1.82) is 0 Å². The summed E-state index contributed by atoms with van der Waals surface area (Å²) >= 11 is 0. The van der Waals surface area contributed by atoms with Crippen LogP contribution in [-0.2, 0) is 9.53 Å². The van der Waals surface area contributed by atoms with Crippen LogP contribution in [0, 0.1) is 0 Å². The Labute approximate surface area is 94.8 Å². The van der Waals surface area contributed by atoms with E-state index in [1.807, 2.05) is 13.8 Å². The third kappa shape index (κ3) is 3.37. The normalized spacial score (nSPS) is 19.3. The van der Waals surface area contributed by atoms with Crippen LogP contribution >= 0.6 is 0 Å². The van der Waals surface area contributed by atoms with E-state index in [4.69, 9.17) is 9.84 Å². The minimum Gasteiger partial charge on any atom is -0.480 e. The number of amides is 2. The number of carbonyl (C=O) groups is 2. The maximum atomic E-state index is 11.9. The summed E-state index contributed by atoms with van der Waals surface area (Å²) in [5, 5.41) is 8.60. The molecule has 92 valence electrons. The lowest BCUT2D eigenvalue weighted by Gasteiger charge is -2.39. The van der Waals surface area contributed by atoms with Crippen LogP contribution in [-0.4, -0.2) is 65.8 Å². The number of likely N-dealkylation sites (N-methyl/N-ethyl adjacent to an activating group) is 1. The molecular weight excluding hydrogens is 212 g/mol. The molecule has 1 rings (SSSR count). The van der Waals surface area contributed by atoms with Crippen molar-refractivity contribution in [2.75, 3.05) is 33.3 Å². The monoisotopic (exact) mass is 230 g/mol. The Hall–Kier alpha value is -1.30. The summed E-state index contributed by atoms with van der Waals surface area (Å²) < 4.78 is 5.48. The second-order valence-electron chi connectivity index (χ2n) is 4.56. The number of morpholine rings is 1. The van der Waals surface area contributed by atoms with E-state index in [9.17, 15) is 9.59 Å². The van der Waals surface area contributed by atoms with Crippen molar-refractivity contribution < 1.29 is 19.4 Å². The third-order valence-corrected chi connectivity index (χ3v) is 2.40. The topological polar surface area (TPSA) is 70.1 Å². The molecule has 0 saturated carbocycles. The molecule has 1 N–H and O–H groups in total. The fourth-order valence-electron chi connectivity index (χ4n) is 1.69. The summed E-state index contributed by atoms with van der Waals surface area (Å²) in [4.78, 5) is 25.2. The van der Waals surface area contributed by atoms with E-state index < -0.39 is 5.97 Å². The van der Waals surface area contributed by atoms with E-state index in [1.54, 1.807) is 4.90 Å². The second-order valence-corrected chi connectivity index (χ2v) is 4.56. The number of urea groups is 1. The van der Waals surface area contributed by atoms with Gasteiger partial charge in [-0.15, -0.1) is 0 Å². The van der Waals surface area contributed by atoms with Crippen LogP contribution in [0.4, 0.5) is 4.79 Å². The number of carboxylic acids is 1. The van der Waals surface area contributed by atoms with Gasteiger partial charge in [0.2, 0.25) is 0 Å². The van der Waals surface area contributed by atoms with Gasteiger partial charge in [0.05, 0.1) is 18.8 Å². The Bertz CT molecular complexity index is 291. The average molecular weight is 230 g/mol. The van der Waals surface area contributed by atoms with Crippen LogP contribution in [0.2, 0.25) is 0 Å². The fraction of sp³-hybridized carbons (Fsp3) is 0.800. The summed E-state index contributed by atoms with van der Waals surface area (Å²) in [6.45, 7) is 5.01. The van der Waals surface area contributed by atoms with Crippen molar-refractivity contribution in [2.24, 2.45) is 0 Å². The van der Waals surface area contributed by atoms with Gasteiger partial charge in [0, 0.05) is 13.6 Å². The maximum Gasteiger partial charge on any atom is 0.323 e. The molecule has 1 aliphatic heterocycles. The van der Waals surface area contributed by atoms with Gasteiger partial charge in [-0.25, -0.2) is 4.79 Å². The molecule has 0 aromatic heterocycles. The number of carboxylic acid groups (broad SMARTS) is 1. The standard InChI is InChI=1S/C10H18N2O4/c1-10(2)7-12(4-5-16-10)9(15)11(3)6-8(13)14/h4-7H2,1-3H3,(H,13,14). The Balaban J connectivity index is 2.56. The van der Waals surface area contributed by atoms with Crippen LogP contribution < -0.4 is 0 Å². The molecule has 0 unspecified atom stereocenters. The molecule has 0 aromatic carbocycles. The lowest BCUT2D eigenvalue weighted by molar-refractivity contribution is -0.137. The molecule has 2 amide bonds. The summed E-state index contributed by atoms with van der Waals surface area (Å²) in [5.74, 6) is -1.01. The number of carbonyl (C=O) groups excluding carboxylic acids is 1. The summed E-state index contributed by atoms with van der Waals surface area (Å²) in [6.07, 6.45) is 0. The zero-order chi connectivity index (χ0) is 12.3. The van der Waals surface area contributed by atoms with Gasteiger partial charge in [-0.2, -0.15) is 0 Å². The number of rotatable bonds is 2. The van der Waals surface area contributed by atoms with Gasteiger partial charge in [-0.1, -0.05) is 0 Å². The van der Waals surface area contributed by atoms with Gasteiger partial charge >= 0.3 is 12.0 Å². The highest BCUT2D eigenvalue weighted by molar-refractivity contribution is 5.80. The molecule has 1 saturated heterocycles. The Morgan fingerprint density at radius 3 is 2.62 bits per heavy atom. The number of ether oxygens (including phenoxy) is 1. The molecule has 0 aromatic rings. The van der Waals surface area contributed by atoms with Crippen LogP contribution in [0.25, 0.3) is 0 Å². The predicted molar refractivity (Wildman–Crippen MR) is 57.3 cm³/mol. The SMILES string of the molecule is CN(CC(=O)O)C(=O)N1CCOC(C)(C)C1. The number of aliphatic carboxylic acids is 1. The Kier molecular flexibility index (Phi) is 3.74. The molecular formula is C10H18N2O4. The lowest BCUT2D eigenvalue weighted by atomic mass is 10.1. The highest BCUT2D eigenvalue weighted by Crippen LogP contribution is 2.17. The largest absolute Gasteiger partial charge is 0.480 e. The average Bonchev–Trinajstić information content (AvgIpc) is 2.13. The molecule has 0 radical (unpaired) electrons.